The van der Waals surface area contributed by atoms with Crippen LogP contribution in [0.4, 0.5) is 5.82 Å². The van der Waals surface area contributed by atoms with Crippen molar-refractivity contribution in [3.8, 4) is 11.6 Å². The molecule has 3 aromatic rings. The minimum Gasteiger partial charge on any atom is -0.461 e. The first kappa shape index (κ1) is 14.4. The van der Waals surface area contributed by atoms with Crippen molar-refractivity contribution in [3.05, 3.63) is 28.8 Å². The van der Waals surface area contributed by atoms with Gasteiger partial charge in [0.2, 0.25) is 0 Å². The Morgan fingerprint density at radius 3 is 2.83 bits per heavy atom. The summed E-state index contributed by atoms with van der Waals surface area (Å²) in [6.45, 7) is 4.00. The van der Waals surface area contributed by atoms with E-state index in [4.69, 9.17) is 14.4 Å². The highest BCUT2D eigenvalue weighted by Gasteiger charge is 2.25. The van der Waals surface area contributed by atoms with E-state index in [1.807, 2.05) is 23.5 Å². The summed E-state index contributed by atoms with van der Waals surface area (Å²) < 4.78 is 5.56. The molecule has 1 aliphatic heterocycles. The van der Waals surface area contributed by atoms with Gasteiger partial charge in [-0.25, -0.2) is 9.97 Å². The fraction of sp³-hybridized carbons (Fsp3) is 0.444. The fourth-order valence-electron chi connectivity index (χ4n) is 3.76. The van der Waals surface area contributed by atoms with Gasteiger partial charge >= 0.3 is 0 Å². The molecule has 1 saturated heterocycles. The first-order valence-corrected chi connectivity index (χ1v) is 9.53. The third-order valence-electron chi connectivity index (χ3n) is 4.95. The maximum Gasteiger partial charge on any atom is 0.199 e. The number of nitrogens with zero attached hydrogens (tertiary/aromatic N) is 3. The third-order valence-corrected chi connectivity index (χ3v) is 6.14. The molecule has 5 rings (SSSR count). The Morgan fingerprint density at radius 2 is 2.00 bits per heavy atom. The molecule has 0 spiro atoms. The van der Waals surface area contributed by atoms with E-state index < -0.39 is 0 Å². The standard InChI is InChI=1S/C18H20N4OS/c1-2-6-14-12(4-1)15-17(22-9-7-19-8-10-22)20-16(21-18(15)24-14)13-5-3-11-23-13/h3,5,11,19H,1-2,4,6-10H2. The number of nitrogens with one attached hydrogen (secondary N) is 1. The van der Waals surface area contributed by atoms with E-state index >= 15 is 0 Å². The minimum absolute atomic E-state index is 0.708. The number of thiophene rings is 1. The highest BCUT2D eigenvalue weighted by Crippen LogP contribution is 2.40. The van der Waals surface area contributed by atoms with Gasteiger partial charge < -0.3 is 14.6 Å². The number of hydrogen-bond donors (Lipinski definition) is 1. The van der Waals surface area contributed by atoms with Crippen LogP contribution in [0.5, 0.6) is 0 Å². The molecular formula is C18H20N4OS. The summed E-state index contributed by atoms with van der Waals surface area (Å²) in [5, 5.41) is 4.73. The van der Waals surface area contributed by atoms with Gasteiger partial charge in [-0.05, 0) is 43.4 Å². The molecule has 4 heterocycles. The molecule has 2 aliphatic rings. The second kappa shape index (κ2) is 5.86. The molecule has 0 atom stereocenters. The van der Waals surface area contributed by atoms with E-state index in [2.05, 4.69) is 10.2 Å². The molecule has 1 fully saturated rings. The van der Waals surface area contributed by atoms with Crippen LogP contribution in [0, 0.1) is 0 Å². The van der Waals surface area contributed by atoms with Gasteiger partial charge in [-0.2, -0.15) is 0 Å². The van der Waals surface area contributed by atoms with Crippen molar-refractivity contribution in [2.75, 3.05) is 31.1 Å². The van der Waals surface area contributed by atoms with Gasteiger partial charge in [0.05, 0.1) is 11.6 Å². The topological polar surface area (TPSA) is 54.2 Å². The Labute approximate surface area is 144 Å². The molecule has 24 heavy (non-hydrogen) atoms. The largest absolute Gasteiger partial charge is 0.461 e. The summed E-state index contributed by atoms with van der Waals surface area (Å²) in [6, 6.07) is 3.84. The average Bonchev–Trinajstić information content (AvgIpc) is 3.29. The van der Waals surface area contributed by atoms with Crippen LogP contribution in [0.3, 0.4) is 0 Å². The summed E-state index contributed by atoms with van der Waals surface area (Å²) in [5.41, 5.74) is 1.50. The smallest absolute Gasteiger partial charge is 0.199 e. The van der Waals surface area contributed by atoms with Gasteiger partial charge in [-0.1, -0.05) is 0 Å². The predicted octanol–water partition coefficient (Wildman–Crippen LogP) is 3.24. The molecule has 1 aliphatic carbocycles. The first-order valence-electron chi connectivity index (χ1n) is 8.72. The molecule has 0 bridgehead atoms. The van der Waals surface area contributed by atoms with E-state index in [1.54, 1.807) is 6.26 Å². The lowest BCUT2D eigenvalue weighted by Gasteiger charge is -2.29. The maximum atomic E-state index is 5.56. The predicted molar refractivity (Wildman–Crippen MR) is 96.8 cm³/mol. The number of aryl methyl sites for hydroxylation is 2. The summed E-state index contributed by atoms with van der Waals surface area (Å²) in [6.07, 6.45) is 6.61. The molecule has 5 nitrogen and oxygen atoms in total. The molecule has 124 valence electrons. The second-order valence-corrected chi connectivity index (χ2v) is 7.56. The summed E-state index contributed by atoms with van der Waals surface area (Å²) in [4.78, 5) is 14.8. The number of rotatable bonds is 2. The van der Waals surface area contributed by atoms with E-state index in [9.17, 15) is 0 Å². The Bertz CT molecular complexity index is 865. The Kier molecular flexibility index (Phi) is 3.52. The Hall–Kier alpha value is -1.92. The molecule has 0 radical (unpaired) electrons. The van der Waals surface area contributed by atoms with Crippen LogP contribution in [0.2, 0.25) is 0 Å². The summed E-state index contributed by atoms with van der Waals surface area (Å²) >= 11 is 1.85. The molecule has 0 aromatic carbocycles. The summed E-state index contributed by atoms with van der Waals surface area (Å²) in [5.74, 6) is 2.56. The number of furan rings is 1. The highest BCUT2D eigenvalue weighted by atomic mass is 32.1. The minimum atomic E-state index is 0.708. The van der Waals surface area contributed by atoms with E-state index in [0.29, 0.717) is 5.82 Å². The monoisotopic (exact) mass is 340 g/mol. The van der Waals surface area contributed by atoms with E-state index in [-0.39, 0.29) is 0 Å². The van der Waals surface area contributed by atoms with Crippen molar-refractivity contribution in [3.63, 3.8) is 0 Å². The van der Waals surface area contributed by atoms with Crippen LogP contribution >= 0.6 is 11.3 Å². The maximum absolute atomic E-state index is 5.56. The molecule has 0 unspecified atom stereocenters. The second-order valence-electron chi connectivity index (χ2n) is 6.48. The van der Waals surface area contributed by atoms with Crippen molar-refractivity contribution < 1.29 is 4.42 Å². The number of fused-ring (bicyclic) bond motifs is 3. The average molecular weight is 340 g/mol. The van der Waals surface area contributed by atoms with Gasteiger partial charge in [0.15, 0.2) is 11.6 Å². The number of piperazine rings is 1. The van der Waals surface area contributed by atoms with Crippen molar-refractivity contribution in [2.24, 2.45) is 0 Å². The summed E-state index contributed by atoms with van der Waals surface area (Å²) in [7, 11) is 0. The normalized spacial score (nSPS) is 18.1. The van der Waals surface area contributed by atoms with Crippen LogP contribution < -0.4 is 10.2 Å². The van der Waals surface area contributed by atoms with Crippen molar-refractivity contribution in [1.82, 2.24) is 15.3 Å². The SMILES string of the molecule is c1coc(-c2nc(N3CCNCC3)c3c4c(sc3n2)CCCC4)c1. The molecular weight excluding hydrogens is 320 g/mol. The number of aromatic nitrogens is 2. The molecule has 1 N–H and O–H groups in total. The van der Waals surface area contributed by atoms with Crippen molar-refractivity contribution in [2.45, 2.75) is 25.7 Å². The van der Waals surface area contributed by atoms with Crippen LogP contribution in [0.25, 0.3) is 21.8 Å². The highest BCUT2D eigenvalue weighted by molar-refractivity contribution is 7.19. The fourth-order valence-corrected chi connectivity index (χ4v) is 5.02. The van der Waals surface area contributed by atoms with Crippen LogP contribution in [0.1, 0.15) is 23.3 Å². The van der Waals surface area contributed by atoms with E-state index in [0.717, 1.165) is 49.0 Å². The zero-order valence-electron chi connectivity index (χ0n) is 13.5. The molecule has 6 heteroatoms. The van der Waals surface area contributed by atoms with Gasteiger partial charge in [-0.15, -0.1) is 11.3 Å². The lowest BCUT2D eigenvalue weighted by molar-refractivity contribution is 0.574. The zero-order chi connectivity index (χ0) is 15.9. The molecule has 0 amide bonds. The lowest BCUT2D eigenvalue weighted by atomic mass is 9.97. The Morgan fingerprint density at radius 1 is 1.12 bits per heavy atom. The molecule has 3 aromatic heterocycles. The third kappa shape index (κ3) is 2.32. The number of anilines is 1. The van der Waals surface area contributed by atoms with Crippen LogP contribution in [-0.2, 0) is 12.8 Å². The lowest BCUT2D eigenvalue weighted by Crippen LogP contribution is -2.44. The van der Waals surface area contributed by atoms with Gasteiger partial charge in [0.25, 0.3) is 0 Å². The molecule has 0 saturated carbocycles. The number of hydrogen-bond acceptors (Lipinski definition) is 6. The quantitative estimate of drug-likeness (QED) is 0.776. The Balaban J connectivity index is 1.74. The van der Waals surface area contributed by atoms with Crippen molar-refractivity contribution >= 4 is 27.4 Å². The van der Waals surface area contributed by atoms with Crippen LogP contribution in [-0.4, -0.2) is 36.1 Å². The van der Waals surface area contributed by atoms with Gasteiger partial charge in [-0.3, -0.25) is 0 Å². The van der Waals surface area contributed by atoms with E-state index in [1.165, 1.54) is 35.1 Å². The zero-order valence-corrected chi connectivity index (χ0v) is 14.4. The van der Waals surface area contributed by atoms with Gasteiger partial charge in [0.1, 0.15) is 10.6 Å². The van der Waals surface area contributed by atoms with Gasteiger partial charge in [0, 0.05) is 31.1 Å². The first-order chi connectivity index (χ1) is 11.9. The van der Waals surface area contributed by atoms with Crippen molar-refractivity contribution in [1.29, 1.82) is 0 Å². The van der Waals surface area contributed by atoms with Crippen LogP contribution in [0.15, 0.2) is 22.8 Å².